The standard InChI is InChI=1S/C15H17N3O3/c1-3-21-13(20)8-18-15(16)12(9-19)14(17-18)11-6-4-10(2)5-7-11/h4-7,9H,3,8,16H2,1-2H3. The highest BCUT2D eigenvalue weighted by atomic mass is 16.5. The number of esters is 1. The first-order valence-electron chi connectivity index (χ1n) is 6.61. The fraction of sp³-hybridized carbons (Fsp3) is 0.267. The highest BCUT2D eigenvalue weighted by Crippen LogP contribution is 2.26. The minimum atomic E-state index is -0.445. The molecular formula is C15H17N3O3. The summed E-state index contributed by atoms with van der Waals surface area (Å²) < 4.78 is 6.15. The molecule has 0 atom stereocenters. The van der Waals surface area contributed by atoms with Crippen molar-refractivity contribution in [2.45, 2.75) is 20.4 Å². The lowest BCUT2D eigenvalue weighted by atomic mass is 10.1. The van der Waals surface area contributed by atoms with Crippen LogP contribution in [0.2, 0.25) is 0 Å². The Morgan fingerprint density at radius 2 is 2.05 bits per heavy atom. The number of carbonyl (C=O) groups excluding carboxylic acids is 2. The number of nitrogens with two attached hydrogens (primary N) is 1. The van der Waals surface area contributed by atoms with Crippen LogP contribution >= 0.6 is 0 Å². The van der Waals surface area contributed by atoms with Crippen LogP contribution < -0.4 is 5.73 Å². The molecule has 0 aliphatic carbocycles. The largest absolute Gasteiger partial charge is 0.465 e. The zero-order chi connectivity index (χ0) is 15.4. The molecule has 0 unspecified atom stereocenters. The molecule has 1 aromatic heterocycles. The van der Waals surface area contributed by atoms with Crippen LogP contribution in [0, 0.1) is 6.92 Å². The molecule has 0 bridgehead atoms. The van der Waals surface area contributed by atoms with Crippen molar-refractivity contribution < 1.29 is 14.3 Å². The van der Waals surface area contributed by atoms with Crippen LogP contribution in [-0.2, 0) is 16.1 Å². The van der Waals surface area contributed by atoms with Gasteiger partial charge in [0, 0.05) is 5.56 Å². The first-order valence-corrected chi connectivity index (χ1v) is 6.61. The lowest BCUT2D eigenvalue weighted by Crippen LogP contribution is -2.16. The summed E-state index contributed by atoms with van der Waals surface area (Å²) in [5, 5.41) is 4.26. The second-order valence-electron chi connectivity index (χ2n) is 4.59. The second-order valence-corrected chi connectivity index (χ2v) is 4.59. The summed E-state index contributed by atoms with van der Waals surface area (Å²) >= 11 is 0. The van der Waals surface area contributed by atoms with E-state index in [1.165, 1.54) is 4.68 Å². The van der Waals surface area contributed by atoms with Gasteiger partial charge in [-0.05, 0) is 13.8 Å². The van der Waals surface area contributed by atoms with Gasteiger partial charge in [-0.25, -0.2) is 4.68 Å². The van der Waals surface area contributed by atoms with Crippen molar-refractivity contribution in [3.05, 3.63) is 35.4 Å². The van der Waals surface area contributed by atoms with E-state index < -0.39 is 5.97 Å². The smallest absolute Gasteiger partial charge is 0.327 e. The minimum Gasteiger partial charge on any atom is -0.465 e. The van der Waals surface area contributed by atoms with Crippen molar-refractivity contribution in [3.63, 3.8) is 0 Å². The third-order valence-corrected chi connectivity index (χ3v) is 3.06. The van der Waals surface area contributed by atoms with Gasteiger partial charge in [-0.2, -0.15) is 5.10 Å². The molecule has 110 valence electrons. The van der Waals surface area contributed by atoms with Crippen LogP contribution in [0.15, 0.2) is 24.3 Å². The summed E-state index contributed by atoms with van der Waals surface area (Å²) in [6.45, 7) is 3.86. The Morgan fingerprint density at radius 3 is 2.62 bits per heavy atom. The lowest BCUT2D eigenvalue weighted by molar-refractivity contribution is -0.143. The number of anilines is 1. The molecule has 0 saturated carbocycles. The average molecular weight is 287 g/mol. The molecule has 0 fully saturated rings. The molecule has 21 heavy (non-hydrogen) atoms. The number of hydrogen-bond acceptors (Lipinski definition) is 5. The number of ether oxygens (including phenoxy) is 1. The zero-order valence-electron chi connectivity index (χ0n) is 12.0. The Bertz CT molecular complexity index is 660. The Kier molecular flexibility index (Phi) is 4.37. The van der Waals surface area contributed by atoms with Crippen LogP contribution in [0.1, 0.15) is 22.8 Å². The number of aldehydes is 1. The molecule has 0 aliphatic heterocycles. The number of aryl methyl sites for hydroxylation is 1. The Labute approximate surface area is 122 Å². The number of hydrogen-bond donors (Lipinski definition) is 1. The van der Waals surface area contributed by atoms with Crippen LogP contribution in [0.4, 0.5) is 5.82 Å². The Morgan fingerprint density at radius 1 is 1.38 bits per heavy atom. The van der Waals surface area contributed by atoms with E-state index in [4.69, 9.17) is 10.5 Å². The zero-order valence-corrected chi connectivity index (χ0v) is 12.0. The van der Waals surface area contributed by atoms with E-state index in [0.717, 1.165) is 11.1 Å². The SMILES string of the molecule is CCOC(=O)Cn1nc(-c2ccc(C)cc2)c(C=O)c1N. The molecule has 6 nitrogen and oxygen atoms in total. The van der Waals surface area contributed by atoms with E-state index in [1.807, 2.05) is 31.2 Å². The maximum atomic E-state index is 11.5. The molecule has 1 heterocycles. The van der Waals surface area contributed by atoms with Crippen LogP contribution in [-0.4, -0.2) is 28.6 Å². The number of benzene rings is 1. The number of nitrogen functional groups attached to an aromatic ring is 1. The van der Waals surface area contributed by atoms with Crippen molar-refractivity contribution in [2.75, 3.05) is 12.3 Å². The van der Waals surface area contributed by atoms with E-state index in [2.05, 4.69) is 5.10 Å². The highest BCUT2D eigenvalue weighted by Gasteiger charge is 2.18. The monoisotopic (exact) mass is 287 g/mol. The maximum absolute atomic E-state index is 11.5. The molecule has 0 saturated heterocycles. The van der Waals surface area contributed by atoms with Gasteiger partial charge in [0.15, 0.2) is 6.29 Å². The van der Waals surface area contributed by atoms with E-state index in [0.29, 0.717) is 12.0 Å². The maximum Gasteiger partial charge on any atom is 0.327 e. The van der Waals surface area contributed by atoms with E-state index in [1.54, 1.807) is 6.92 Å². The third kappa shape index (κ3) is 3.10. The molecule has 0 radical (unpaired) electrons. The van der Waals surface area contributed by atoms with Gasteiger partial charge in [-0.3, -0.25) is 9.59 Å². The summed E-state index contributed by atoms with van der Waals surface area (Å²) in [4.78, 5) is 22.8. The first-order chi connectivity index (χ1) is 10.1. The van der Waals surface area contributed by atoms with Gasteiger partial charge in [-0.1, -0.05) is 29.8 Å². The molecule has 6 heteroatoms. The fourth-order valence-corrected chi connectivity index (χ4v) is 1.98. The Balaban J connectivity index is 2.40. The molecule has 2 N–H and O–H groups in total. The predicted octanol–water partition coefficient (Wildman–Crippen LogP) is 1.82. The molecular weight excluding hydrogens is 270 g/mol. The fourth-order valence-electron chi connectivity index (χ4n) is 1.98. The summed E-state index contributed by atoms with van der Waals surface area (Å²) in [6.07, 6.45) is 0.652. The van der Waals surface area contributed by atoms with Crippen molar-refractivity contribution in [1.82, 2.24) is 9.78 Å². The van der Waals surface area contributed by atoms with Gasteiger partial charge >= 0.3 is 5.97 Å². The third-order valence-electron chi connectivity index (χ3n) is 3.06. The van der Waals surface area contributed by atoms with Gasteiger partial charge in [0.1, 0.15) is 18.1 Å². The average Bonchev–Trinajstić information content (AvgIpc) is 2.76. The van der Waals surface area contributed by atoms with Gasteiger partial charge in [-0.15, -0.1) is 0 Å². The molecule has 2 aromatic rings. The summed E-state index contributed by atoms with van der Waals surface area (Å²) in [6, 6.07) is 7.56. The molecule has 2 rings (SSSR count). The second kappa shape index (κ2) is 6.21. The molecule has 0 spiro atoms. The topological polar surface area (TPSA) is 87.2 Å². The Hall–Kier alpha value is -2.63. The van der Waals surface area contributed by atoms with Crippen LogP contribution in [0.3, 0.4) is 0 Å². The minimum absolute atomic E-state index is 0.119. The van der Waals surface area contributed by atoms with Gasteiger partial charge in [0.05, 0.1) is 12.2 Å². The highest BCUT2D eigenvalue weighted by molar-refractivity contribution is 5.91. The van der Waals surface area contributed by atoms with Crippen molar-refractivity contribution in [1.29, 1.82) is 0 Å². The number of rotatable bonds is 5. The molecule has 0 amide bonds. The number of nitrogens with zero attached hydrogens (tertiary/aromatic N) is 2. The van der Waals surface area contributed by atoms with E-state index >= 15 is 0 Å². The lowest BCUT2D eigenvalue weighted by Gasteiger charge is -2.03. The van der Waals surface area contributed by atoms with Crippen molar-refractivity contribution in [3.8, 4) is 11.3 Å². The van der Waals surface area contributed by atoms with Crippen LogP contribution in [0.25, 0.3) is 11.3 Å². The van der Waals surface area contributed by atoms with E-state index in [-0.39, 0.29) is 24.5 Å². The van der Waals surface area contributed by atoms with Crippen LogP contribution in [0.5, 0.6) is 0 Å². The first kappa shape index (κ1) is 14.8. The van der Waals surface area contributed by atoms with Gasteiger partial charge < -0.3 is 10.5 Å². The molecule has 0 aliphatic rings. The predicted molar refractivity (Wildman–Crippen MR) is 78.8 cm³/mol. The summed E-state index contributed by atoms with van der Waals surface area (Å²) in [5.74, 6) is -0.284. The van der Waals surface area contributed by atoms with Crippen molar-refractivity contribution in [2.24, 2.45) is 0 Å². The van der Waals surface area contributed by atoms with E-state index in [9.17, 15) is 9.59 Å². The van der Waals surface area contributed by atoms with Gasteiger partial charge in [0.2, 0.25) is 0 Å². The quantitative estimate of drug-likeness (QED) is 0.669. The number of aromatic nitrogens is 2. The molecule has 1 aromatic carbocycles. The normalized spacial score (nSPS) is 10.4. The summed E-state index contributed by atoms with van der Waals surface area (Å²) in [5.41, 5.74) is 8.51. The summed E-state index contributed by atoms with van der Waals surface area (Å²) in [7, 11) is 0. The number of carbonyl (C=O) groups is 2. The van der Waals surface area contributed by atoms with Crippen molar-refractivity contribution >= 4 is 18.1 Å². The van der Waals surface area contributed by atoms with Gasteiger partial charge in [0.25, 0.3) is 0 Å².